The molecule has 0 aromatic heterocycles. The molecule has 0 bridgehead atoms. The minimum Gasteiger partial charge on any atom is -0.207 e. The summed E-state index contributed by atoms with van der Waals surface area (Å²) < 4.78 is 26.8. The van der Waals surface area contributed by atoms with Crippen LogP contribution in [-0.2, 0) is 6.42 Å². The second-order valence-electron chi connectivity index (χ2n) is 4.07. The van der Waals surface area contributed by atoms with Crippen LogP contribution in [0.5, 0.6) is 0 Å². The summed E-state index contributed by atoms with van der Waals surface area (Å²) >= 11 is 0. The third kappa shape index (κ3) is 2.70. The van der Waals surface area contributed by atoms with Crippen LogP contribution in [0.1, 0.15) is 18.9 Å². The monoisotopic (exact) mass is 232 g/mol. The highest BCUT2D eigenvalue weighted by Crippen LogP contribution is 2.25. The largest absolute Gasteiger partial charge is 0.207 e. The highest BCUT2D eigenvalue weighted by molar-refractivity contribution is 5.64. The van der Waals surface area contributed by atoms with E-state index in [-0.39, 0.29) is 11.6 Å². The van der Waals surface area contributed by atoms with Gasteiger partial charge in [-0.05, 0) is 41.8 Å². The molecule has 0 saturated carbocycles. The predicted octanol–water partition coefficient (Wildman–Crippen LogP) is 4.58. The lowest BCUT2D eigenvalue weighted by Crippen LogP contribution is -1.90. The maximum absolute atomic E-state index is 13.7. The molecule has 0 aliphatic rings. The fraction of sp³-hybridized carbons (Fsp3) is 0.200. The van der Waals surface area contributed by atoms with Gasteiger partial charge in [-0.25, -0.2) is 8.78 Å². The number of benzene rings is 2. The zero-order chi connectivity index (χ0) is 12.3. The molecule has 88 valence electrons. The molecule has 0 nitrogen and oxygen atoms in total. The van der Waals surface area contributed by atoms with Crippen molar-refractivity contribution in [2.45, 2.75) is 19.8 Å². The summed E-state index contributed by atoms with van der Waals surface area (Å²) in [6.07, 6.45) is 1.91. The molecule has 0 N–H and O–H groups in total. The second kappa shape index (κ2) is 5.09. The van der Waals surface area contributed by atoms with Crippen LogP contribution in [0.2, 0.25) is 0 Å². The van der Waals surface area contributed by atoms with E-state index in [9.17, 15) is 8.78 Å². The number of halogens is 2. The first-order valence-corrected chi connectivity index (χ1v) is 5.75. The topological polar surface area (TPSA) is 0 Å². The second-order valence-corrected chi connectivity index (χ2v) is 4.07. The van der Waals surface area contributed by atoms with E-state index in [1.807, 2.05) is 0 Å². The number of hydrogen-bond donors (Lipinski definition) is 0. The summed E-state index contributed by atoms with van der Waals surface area (Å²) in [5.74, 6) is -0.654. The van der Waals surface area contributed by atoms with Crippen molar-refractivity contribution in [2.24, 2.45) is 0 Å². The highest BCUT2D eigenvalue weighted by atomic mass is 19.1. The maximum Gasteiger partial charge on any atom is 0.131 e. The molecule has 17 heavy (non-hydrogen) atoms. The molecule has 0 radical (unpaired) electrons. The number of hydrogen-bond acceptors (Lipinski definition) is 0. The van der Waals surface area contributed by atoms with Gasteiger partial charge in [0.15, 0.2) is 0 Å². The van der Waals surface area contributed by atoms with Crippen molar-refractivity contribution in [2.75, 3.05) is 0 Å². The average molecular weight is 232 g/mol. The Morgan fingerprint density at radius 1 is 1.00 bits per heavy atom. The first-order chi connectivity index (χ1) is 8.20. The third-order valence-corrected chi connectivity index (χ3v) is 2.71. The van der Waals surface area contributed by atoms with E-state index in [0.29, 0.717) is 11.1 Å². The summed E-state index contributed by atoms with van der Waals surface area (Å²) in [5, 5.41) is 0. The molecular formula is C15H14F2. The van der Waals surface area contributed by atoms with Crippen LogP contribution in [0.3, 0.4) is 0 Å². The fourth-order valence-corrected chi connectivity index (χ4v) is 1.89. The molecule has 0 saturated heterocycles. The summed E-state index contributed by atoms with van der Waals surface area (Å²) in [4.78, 5) is 0. The Morgan fingerprint density at radius 2 is 1.82 bits per heavy atom. The van der Waals surface area contributed by atoms with Gasteiger partial charge in [-0.2, -0.15) is 0 Å². The minimum atomic E-state index is -0.345. The molecule has 2 aromatic rings. The van der Waals surface area contributed by atoms with Crippen LogP contribution in [0, 0.1) is 11.6 Å². The van der Waals surface area contributed by atoms with Gasteiger partial charge in [0.2, 0.25) is 0 Å². The van der Waals surface area contributed by atoms with Gasteiger partial charge < -0.3 is 0 Å². The Hall–Kier alpha value is -1.70. The summed E-state index contributed by atoms with van der Waals surface area (Å²) in [6, 6.07) is 11.1. The van der Waals surface area contributed by atoms with Crippen molar-refractivity contribution in [3.8, 4) is 11.1 Å². The maximum atomic E-state index is 13.7. The molecular weight excluding hydrogens is 218 g/mol. The van der Waals surface area contributed by atoms with Crippen molar-refractivity contribution in [1.29, 1.82) is 0 Å². The number of aryl methyl sites for hydroxylation is 1. The van der Waals surface area contributed by atoms with Crippen molar-refractivity contribution < 1.29 is 8.78 Å². The van der Waals surface area contributed by atoms with Gasteiger partial charge in [-0.15, -0.1) is 0 Å². The van der Waals surface area contributed by atoms with Crippen LogP contribution in [0.4, 0.5) is 8.78 Å². The minimum absolute atomic E-state index is 0.310. The smallest absolute Gasteiger partial charge is 0.131 e. The van der Waals surface area contributed by atoms with Gasteiger partial charge >= 0.3 is 0 Å². The summed E-state index contributed by atoms with van der Waals surface area (Å²) in [7, 11) is 0. The molecule has 0 unspecified atom stereocenters. The van der Waals surface area contributed by atoms with E-state index in [2.05, 4.69) is 6.92 Å². The Morgan fingerprint density at radius 3 is 2.53 bits per heavy atom. The Balaban J connectivity index is 2.46. The van der Waals surface area contributed by atoms with Crippen molar-refractivity contribution >= 4 is 0 Å². The van der Waals surface area contributed by atoms with E-state index in [1.165, 1.54) is 18.2 Å². The van der Waals surface area contributed by atoms with E-state index >= 15 is 0 Å². The zero-order valence-electron chi connectivity index (χ0n) is 9.71. The van der Waals surface area contributed by atoms with E-state index in [1.54, 1.807) is 24.3 Å². The van der Waals surface area contributed by atoms with Crippen molar-refractivity contribution in [3.63, 3.8) is 0 Å². The molecule has 0 amide bonds. The van der Waals surface area contributed by atoms with Gasteiger partial charge in [0.05, 0.1) is 0 Å². The van der Waals surface area contributed by atoms with E-state index in [0.717, 1.165) is 18.4 Å². The molecule has 2 rings (SSSR count). The Labute approximate surface area is 99.9 Å². The van der Waals surface area contributed by atoms with Crippen LogP contribution in [-0.4, -0.2) is 0 Å². The molecule has 2 heteroatoms. The quantitative estimate of drug-likeness (QED) is 0.726. The average Bonchev–Trinajstić information content (AvgIpc) is 2.32. The van der Waals surface area contributed by atoms with Crippen molar-refractivity contribution in [3.05, 3.63) is 59.7 Å². The number of rotatable bonds is 3. The van der Waals surface area contributed by atoms with Gasteiger partial charge in [0.25, 0.3) is 0 Å². The van der Waals surface area contributed by atoms with Gasteiger partial charge in [-0.3, -0.25) is 0 Å². The molecule has 0 heterocycles. The highest BCUT2D eigenvalue weighted by Gasteiger charge is 2.06. The lowest BCUT2D eigenvalue weighted by Gasteiger charge is -2.06. The summed E-state index contributed by atoms with van der Waals surface area (Å²) in [5.41, 5.74) is 2.13. The lowest BCUT2D eigenvalue weighted by molar-refractivity contribution is 0.624. The molecule has 0 aliphatic carbocycles. The van der Waals surface area contributed by atoms with E-state index in [4.69, 9.17) is 0 Å². The molecule has 2 aromatic carbocycles. The fourth-order valence-electron chi connectivity index (χ4n) is 1.89. The molecule has 0 spiro atoms. The predicted molar refractivity (Wildman–Crippen MR) is 65.8 cm³/mol. The van der Waals surface area contributed by atoms with E-state index < -0.39 is 0 Å². The van der Waals surface area contributed by atoms with Crippen LogP contribution in [0.15, 0.2) is 42.5 Å². The van der Waals surface area contributed by atoms with Gasteiger partial charge in [0, 0.05) is 5.56 Å². The Kier molecular flexibility index (Phi) is 3.52. The third-order valence-electron chi connectivity index (χ3n) is 2.71. The molecule has 0 aliphatic heterocycles. The van der Waals surface area contributed by atoms with Gasteiger partial charge in [0.1, 0.15) is 11.6 Å². The van der Waals surface area contributed by atoms with Crippen molar-refractivity contribution in [1.82, 2.24) is 0 Å². The normalized spacial score (nSPS) is 10.5. The van der Waals surface area contributed by atoms with Crippen LogP contribution in [0.25, 0.3) is 11.1 Å². The van der Waals surface area contributed by atoms with Crippen LogP contribution >= 0.6 is 0 Å². The van der Waals surface area contributed by atoms with Gasteiger partial charge in [-0.1, -0.05) is 31.5 Å². The first kappa shape index (κ1) is 11.8. The standard InChI is InChI=1S/C15H14F2/c1-2-4-11-7-8-15(17)14(9-11)12-5-3-6-13(16)10-12/h3,5-10H,2,4H2,1H3. The van der Waals surface area contributed by atoms with Crippen LogP contribution < -0.4 is 0 Å². The first-order valence-electron chi connectivity index (χ1n) is 5.75. The zero-order valence-corrected chi connectivity index (χ0v) is 9.71. The lowest BCUT2D eigenvalue weighted by atomic mass is 10.0. The summed E-state index contributed by atoms with van der Waals surface area (Å²) in [6.45, 7) is 2.07. The Bertz CT molecular complexity index is 518. The SMILES string of the molecule is CCCc1ccc(F)c(-c2cccc(F)c2)c1. The molecule has 0 atom stereocenters. The molecule has 0 fully saturated rings.